The minimum Gasteiger partial charge on any atom is -0.388 e. The van der Waals surface area contributed by atoms with Gasteiger partial charge in [-0.05, 0) is 44.0 Å². The summed E-state index contributed by atoms with van der Waals surface area (Å²) in [5, 5.41) is 13.9. The van der Waals surface area contributed by atoms with Crippen LogP contribution in [0.15, 0.2) is 54.6 Å². The van der Waals surface area contributed by atoms with Crippen LogP contribution in [0.5, 0.6) is 0 Å². The molecule has 33 heavy (non-hydrogen) atoms. The molecular formula is C24H24F3N3O2S. The van der Waals surface area contributed by atoms with E-state index in [0.717, 1.165) is 46.1 Å². The quantitative estimate of drug-likeness (QED) is 0.466. The summed E-state index contributed by atoms with van der Waals surface area (Å²) < 4.78 is 38.1. The molecule has 1 aromatic heterocycles. The van der Waals surface area contributed by atoms with Gasteiger partial charge in [0.05, 0.1) is 27.2 Å². The van der Waals surface area contributed by atoms with Crippen molar-refractivity contribution in [2.75, 3.05) is 18.4 Å². The number of thiazole rings is 1. The van der Waals surface area contributed by atoms with Gasteiger partial charge in [-0.15, -0.1) is 11.3 Å². The zero-order chi connectivity index (χ0) is 23.6. The maximum Gasteiger partial charge on any atom is 0.416 e. The highest BCUT2D eigenvalue weighted by Crippen LogP contribution is 2.39. The lowest BCUT2D eigenvalue weighted by molar-refractivity contribution is -0.137. The van der Waals surface area contributed by atoms with Crippen LogP contribution in [0.3, 0.4) is 0 Å². The fourth-order valence-corrected chi connectivity index (χ4v) is 5.08. The van der Waals surface area contributed by atoms with Crippen molar-refractivity contribution in [3.05, 3.63) is 70.0 Å². The van der Waals surface area contributed by atoms with Crippen LogP contribution in [-0.4, -0.2) is 34.1 Å². The largest absolute Gasteiger partial charge is 0.416 e. The van der Waals surface area contributed by atoms with Gasteiger partial charge in [0.25, 0.3) is 0 Å². The molecule has 1 atom stereocenters. The summed E-state index contributed by atoms with van der Waals surface area (Å²) in [6.07, 6.45) is -3.59. The molecule has 0 bridgehead atoms. The summed E-state index contributed by atoms with van der Waals surface area (Å²) in [4.78, 5) is 19.9. The van der Waals surface area contributed by atoms with Crippen LogP contribution in [0.2, 0.25) is 0 Å². The predicted molar refractivity (Wildman–Crippen MR) is 122 cm³/mol. The number of amides is 2. The molecule has 2 aromatic carbocycles. The van der Waals surface area contributed by atoms with Gasteiger partial charge in [0.1, 0.15) is 0 Å². The number of urea groups is 1. The first kappa shape index (κ1) is 23.3. The Kier molecular flexibility index (Phi) is 6.71. The number of carbonyl (C=O) groups is 1. The normalized spacial score (nSPS) is 16.0. The van der Waals surface area contributed by atoms with Crippen LogP contribution < -0.4 is 5.32 Å². The molecule has 1 unspecified atom stereocenters. The highest BCUT2D eigenvalue weighted by Gasteiger charge is 2.31. The summed E-state index contributed by atoms with van der Waals surface area (Å²) in [5.41, 5.74) is 1.33. The smallest absolute Gasteiger partial charge is 0.388 e. The Morgan fingerprint density at radius 2 is 1.76 bits per heavy atom. The third kappa shape index (κ3) is 5.36. The van der Waals surface area contributed by atoms with Gasteiger partial charge >= 0.3 is 12.2 Å². The zero-order valence-electron chi connectivity index (χ0n) is 18.0. The average Bonchev–Trinajstić information content (AvgIpc) is 3.25. The second kappa shape index (κ2) is 9.52. The standard InChI is InChI=1S/C24H24F3N3O2S/c1-15(31)21-20(16-5-3-2-4-6-16)29-22(33-21)17-11-13-30(14-12-17)23(32)28-19-9-7-18(8-10-19)24(25,26)27/h2-10,15,17,31H,11-14H2,1H3,(H,28,32). The topological polar surface area (TPSA) is 65.5 Å². The first-order valence-corrected chi connectivity index (χ1v) is 11.5. The summed E-state index contributed by atoms with van der Waals surface area (Å²) in [6, 6.07) is 13.8. The number of anilines is 1. The fourth-order valence-electron chi connectivity index (χ4n) is 3.88. The molecular weight excluding hydrogens is 451 g/mol. The molecule has 5 nitrogen and oxygen atoms in total. The van der Waals surface area contributed by atoms with E-state index in [4.69, 9.17) is 4.98 Å². The van der Waals surface area contributed by atoms with Crippen LogP contribution in [0.25, 0.3) is 11.3 Å². The Morgan fingerprint density at radius 1 is 1.12 bits per heavy atom. The van der Waals surface area contributed by atoms with E-state index in [0.29, 0.717) is 18.8 Å². The van der Waals surface area contributed by atoms with Crippen molar-refractivity contribution in [3.8, 4) is 11.3 Å². The number of nitrogens with zero attached hydrogens (tertiary/aromatic N) is 2. The number of nitrogens with one attached hydrogen (secondary N) is 1. The Balaban J connectivity index is 1.39. The SMILES string of the molecule is CC(O)c1sc(C2CCN(C(=O)Nc3ccc(C(F)(F)F)cc3)CC2)nc1-c1ccccc1. The average molecular weight is 476 g/mol. The maximum atomic E-state index is 12.7. The van der Waals surface area contributed by atoms with Crippen molar-refractivity contribution in [2.45, 2.75) is 38.0 Å². The number of hydrogen-bond acceptors (Lipinski definition) is 4. The van der Waals surface area contributed by atoms with Crippen LogP contribution >= 0.6 is 11.3 Å². The van der Waals surface area contributed by atoms with E-state index >= 15 is 0 Å². The zero-order valence-corrected chi connectivity index (χ0v) is 18.8. The van der Waals surface area contributed by atoms with Gasteiger partial charge in [-0.3, -0.25) is 0 Å². The van der Waals surface area contributed by atoms with Crippen LogP contribution in [-0.2, 0) is 6.18 Å². The lowest BCUT2D eigenvalue weighted by Gasteiger charge is -2.31. The number of rotatable bonds is 4. The number of aromatic nitrogens is 1. The Labute approximate surface area is 193 Å². The van der Waals surface area contributed by atoms with Crippen LogP contribution in [0.1, 0.15) is 47.2 Å². The number of hydrogen-bond donors (Lipinski definition) is 2. The van der Waals surface area contributed by atoms with Gasteiger partial charge in [0.2, 0.25) is 0 Å². The third-order valence-electron chi connectivity index (χ3n) is 5.69. The molecule has 2 heterocycles. The molecule has 2 amide bonds. The number of carbonyl (C=O) groups excluding carboxylic acids is 1. The molecule has 0 radical (unpaired) electrons. The van der Waals surface area contributed by atoms with Crippen molar-refractivity contribution >= 4 is 23.1 Å². The van der Waals surface area contributed by atoms with Gasteiger partial charge in [0, 0.05) is 30.3 Å². The van der Waals surface area contributed by atoms with Crippen molar-refractivity contribution in [1.29, 1.82) is 0 Å². The Hall–Kier alpha value is -2.91. The van der Waals surface area contributed by atoms with Crippen LogP contribution in [0, 0.1) is 0 Å². The summed E-state index contributed by atoms with van der Waals surface area (Å²) in [5.74, 6) is 0.181. The lowest BCUT2D eigenvalue weighted by Crippen LogP contribution is -2.40. The minimum atomic E-state index is -4.41. The highest BCUT2D eigenvalue weighted by atomic mass is 32.1. The van der Waals surface area contributed by atoms with Gasteiger partial charge in [-0.2, -0.15) is 13.2 Å². The van der Waals surface area contributed by atoms with Gasteiger partial charge < -0.3 is 15.3 Å². The number of likely N-dealkylation sites (tertiary alicyclic amines) is 1. The number of benzene rings is 2. The molecule has 1 aliphatic heterocycles. The van der Waals surface area contributed by atoms with Gasteiger partial charge in [-0.25, -0.2) is 9.78 Å². The first-order chi connectivity index (χ1) is 15.7. The summed E-state index contributed by atoms with van der Waals surface area (Å²) in [6.45, 7) is 2.76. The van der Waals surface area contributed by atoms with E-state index < -0.39 is 17.8 Å². The van der Waals surface area contributed by atoms with Crippen molar-refractivity contribution in [1.82, 2.24) is 9.88 Å². The predicted octanol–water partition coefficient (Wildman–Crippen LogP) is 6.29. The summed E-state index contributed by atoms with van der Waals surface area (Å²) in [7, 11) is 0. The second-order valence-electron chi connectivity index (χ2n) is 8.07. The number of aliphatic hydroxyl groups is 1. The molecule has 0 aliphatic carbocycles. The van der Waals surface area contributed by atoms with Crippen molar-refractivity contribution in [3.63, 3.8) is 0 Å². The molecule has 1 fully saturated rings. The number of alkyl halides is 3. The number of piperidine rings is 1. The maximum absolute atomic E-state index is 12.7. The minimum absolute atomic E-state index is 0.181. The van der Waals surface area contributed by atoms with E-state index in [1.165, 1.54) is 23.5 Å². The first-order valence-electron chi connectivity index (χ1n) is 10.7. The van der Waals surface area contributed by atoms with E-state index in [1.807, 2.05) is 30.3 Å². The third-order valence-corrected chi connectivity index (χ3v) is 7.08. The van der Waals surface area contributed by atoms with E-state index in [2.05, 4.69) is 5.32 Å². The van der Waals surface area contributed by atoms with Gasteiger partial charge in [-0.1, -0.05) is 30.3 Å². The number of halogens is 3. The van der Waals surface area contributed by atoms with Gasteiger partial charge in [0.15, 0.2) is 0 Å². The van der Waals surface area contributed by atoms with Crippen molar-refractivity contribution in [2.24, 2.45) is 0 Å². The van der Waals surface area contributed by atoms with E-state index in [1.54, 1.807) is 11.8 Å². The molecule has 1 aliphatic rings. The molecule has 0 spiro atoms. The van der Waals surface area contributed by atoms with Crippen molar-refractivity contribution < 1.29 is 23.1 Å². The molecule has 174 valence electrons. The Morgan fingerprint density at radius 3 is 2.33 bits per heavy atom. The molecule has 2 N–H and O–H groups in total. The van der Waals surface area contributed by atoms with E-state index in [-0.39, 0.29) is 11.9 Å². The second-order valence-corrected chi connectivity index (χ2v) is 9.14. The lowest BCUT2D eigenvalue weighted by atomic mass is 9.97. The highest BCUT2D eigenvalue weighted by molar-refractivity contribution is 7.12. The molecule has 9 heteroatoms. The van der Waals surface area contributed by atoms with E-state index in [9.17, 15) is 23.1 Å². The van der Waals surface area contributed by atoms with Crippen LogP contribution in [0.4, 0.5) is 23.7 Å². The summed E-state index contributed by atoms with van der Waals surface area (Å²) >= 11 is 1.51. The molecule has 0 saturated carbocycles. The molecule has 3 aromatic rings. The molecule has 1 saturated heterocycles. The number of aliphatic hydroxyl groups excluding tert-OH is 1. The fraction of sp³-hybridized carbons (Fsp3) is 0.333. The molecule has 4 rings (SSSR count). The Bertz CT molecular complexity index is 1090. The monoisotopic (exact) mass is 475 g/mol.